The van der Waals surface area contributed by atoms with Crippen LogP contribution in [0.2, 0.25) is 0 Å². The van der Waals surface area contributed by atoms with E-state index >= 15 is 0 Å². The molecule has 9 nitrogen and oxygen atoms in total. The van der Waals surface area contributed by atoms with Gasteiger partial charge in [0.25, 0.3) is 0 Å². The van der Waals surface area contributed by atoms with Crippen molar-refractivity contribution >= 4 is 5.91 Å². The zero-order chi connectivity index (χ0) is 69.2. The van der Waals surface area contributed by atoms with Crippen LogP contribution in [0, 0.1) is 0 Å². The summed E-state index contributed by atoms with van der Waals surface area (Å²) in [5.74, 6) is -0.178. The third-order valence-electron chi connectivity index (χ3n) is 20.3. The summed E-state index contributed by atoms with van der Waals surface area (Å²) in [6.07, 6.45) is 99.7. The Morgan fingerprint density at radius 2 is 0.625 bits per heavy atom. The van der Waals surface area contributed by atoms with E-state index in [1.54, 1.807) is 6.08 Å². The predicted molar refractivity (Wildman–Crippen MR) is 415 cm³/mol. The summed E-state index contributed by atoms with van der Waals surface area (Å²) < 4.78 is 11.3. The highest BCUT2D eigenvalue weighted by Crippen LogP contribution is 2.24. The molecule has 0 aromatic carbocycles. The Balaban J connectivity index is 2.05. The van der Waals surface area contributed by atoms with E-state index in [9.17, 15) is 30.3 Å². The molecular weight excluding hydrogens is 1190 g/mol. The van der Waals surface area contributed by atoms with Gasteiger partial charge in [-0.2, -0.15) is 0 Å². The van der Waals surface area contributed by atoms with E-state index in [2.05, 4.69) is 67.8 Å². The van der Waals surface area contributed by atoms with Crippen LogP contribution in [0.15, 0.2) is 60.8 Å². The fourth-order valence-electron chi connectivity index (χ4n) is 13.7. The molecular formula is C87H163NO8. The van der Waals surface area contributed by atoms with E-state index in [1.807, 2.05) is 6.08 Å². The van der Waals surface area contributed by atoms with Crippen molar-refractivity contribution in [3.05, 3.63) is 60.8 Å². The number of aliphatic hydroxyl groups is 5. The number of ether oxygens (including phenoxy) is 2. The van der Waals surface area contributed by atoms with Crippen LogP contribution in [0.1, 0.15) is 431 Å². The number of unbranched alkanes of at least 4 members (excludes halogenated alkanes) is 58. The van der Waals surface area contributed by atoms with Gasteiger partial charge in [0, 0.05) is 6.42 Å². The van der Waals surface area contributed by atoms with E-state index < -0.39 is 49.5 Å². The number of hydrogen-bond acceptors (Lipinski definition) is 8. The monoisotopic (exact) mass is 1350 g/mol. The highest BCUT2D eigenvalue weighted by atomic mass is 16.7. The summed E-state index contributed by atoms with van der Waals surface area (Å²) in [6.45, 7) is 3.81. The minimum Gasteiger partial charge on any atom is -0.394 e. The second kappa shape index (κ2) is 75.6. The topological polar surface area (TPSA) is 149 Å². The third-order valence-corrected chi connectivity index (χ3v) is 20.3. The second-order valence-corrected chi connectivity index (χ2v) is 29.6. The first-order valence-corrected chi connectivity index (χ1v) is 42.5. The smallest absolute Gasteiger partial charge is 0.220 e. The van der Waals surface area contributed by atoms with Crippen LogP contribution < -0.4 is 5.32 Å². The van der Waals surface area contributed by atoms with Gasteiger partial charge in [-0.3, -0.25) is 4.79 Å². The van der Waals surface area contributed by atoms with Gasteiger partial charge in [-0.25, -0.2) is 0 Å². The number of carbonyl (C=O) groups excluding carboxylic acids is 1. The van der Waals surface area contributed by atoms with Crippen molar-refractivity contribution < 1.29 is 39.8 Å². The van der Waals surface area contributed by atoms with Gasteiger partial charge in [0.1, 0.15) is 24.4 Å². The zero-order valence-corrected chi connectivity index (χ0v) is 63.7. The Bertz CT molecular complexity index is 1710. The molecule has 96 heavy (non-hydrogen) atoms. The number of rotatable bonds is 76. The number of hydrogen-bond donors (Lipinski definition) is 6. The van der Waals surface area contributed by atoms with E-state index in [0.29, 0.717) is 6.42 Å². The summed E-state index contributed by atoms with van der Waals surface area (Å²) in [6, 6.07) is -0.824. The minimum absolute atomic E-state index is 0.178. The molecule has 1 saturated heterocycles. The normalized spacial score (nSPS) is 17.7. The molecule has 0 radical (unpaired) electrons. The molecule has 1 amide bonds. The molecule has 0 aromatic rings. The lowest BCUT2D eigenvalue weighted by atomic mass is 9.99. The summed E-state index contributed by atoms with van der Waals surface area (Å²) in [4.78, 5) is 13.2. The van der Waals surface area contributed by atoms with Crippen molar-refractivity contribution in [1.29, 1.82) is 0 Å². The zero-order valence-electron chi connectivity index (χ0n) is 63.7. The maximum atomic E-state index is 13.2. The van der Waals surface area contributed by atoms with Gasteiger partial charge < -0.3 is 40.3 Å². The van der Waals surface area contributed by atoms with Crippen molar-refractivity contribution in [2.45, 2.75) is 474 Å². The van der Waals surface area contributed by atoms with Gasteiger partial charge in [0.15, 0.2) is 6.29 Å². The SMILES string of the molecule is CCCCCCC/C=C\C/C=C\C/C=C\CCCCCCCCCCCCCCCCCCCCCCCCCCCCC(=O)NC(COC1OC(CO)C(O)C(O)C1O)C(O)/C=C/CC/C=C/CCCCCCCCCCCCCCCCCCCCCCCCCCCC. The first kappa shape index (κ1) is 91.9. The third kappa shape index (κ3) is 62.9. The van der Waals surface area contributed by atoms with Gasteiger partial charge in [-0.15, -0.1) is 0 Å². The molecule has 7 atom stereocenters. The number of aliphatic hydroxyl groups excluding tert-OH is 5. The van der Waals surface area contributed by atoms with Crippen LogP contribution in [-0.2, 0) is 14.3 Å². The first-order valence-electron chi connectivity index (χ1n) is 42.5. The average Bonchev–Trinajstić information content (AvgIpc) is 0.840. The molecule has 0 aliphatic carbocycles. The Kier molecular flexibility index (Phi) is 72.3. The van der Waals surface area contributed by atoms with E-state index in [0.717, 1.165) is 51.4 Å². The molecule has 9 heteroatoms. The molecule has 0 aromatic heterocycles. The second-order valence-electron chi connectivity index (χ2n) is 29.6. The molecule has 564 valence electrons. The average molecular weight is 1350 g/mol. The van der Waals surface area contributed by atoms with Crippen molar-refractivity contribution in [3.63, 3.8) is 0 Å². The fourth-order valence-corrected chi connectivity index (χ4v) is 13.7. The van der Waals surface area contributed by atoms with Gasteiger partial charge in [-0.1, -0.05) is 415 Å². The lowest BCUT2D eigenvalue weighted by Gasteiger charge is -2.40. The Morgan fingerprint density at radius 1 is 0.354 bits per heavy atom. The largest absolute Gasteiger partial charge is 0.394 e. The predicted octanol–water partition coefficient (Wildman–Crippen LogP) is 24.8. The molecule has 0 spiro atoms. The van der Waals surface area contributed by atoms with Crippen LogP contribution >= 0.6 is 0 Å². The maximum absolute atomic E-state index is 13.2. The molecule has 7 unspecified atom stereocenters. The molecule has 1 fully saturated rings. The standard InChI is InChI=1S/C87H163NO8/c1-3-5-7-9-11-13-15-17-19-21-23-25-27-29-31-33-35-37-38-39-40-41-42-43-44-45-47-49-51-53-55-57-59-61-63-65-67-69-71-73-75-77-83(91)88-80(79-95-87-86(94)85(93)84(92)82(78-89)96-87)81(90)76-74-72-70-68-66-64-62-60-58-56-54-52-50-48-46-36-34-32-30-28-26-24-22-20-18-16-14-12-10-8-6-4-2/h15,17,21,23,27,29,66,68,74,76,80-82,84-87,89-90,92-94H,3-14,16,18-20,22,24-26,28,30-65,67,69-73,75,77-79H2,1-2H3,(H,88,91)/b17-15-,23-21-,29-27-,68-66+,76-74+. The van der Waals surface area contributed by atoms with Gasteiger partial charge in [0.05, 0.1) is 25.4 Å². The quantitative estimate of drug-likeness (QED) is 0.0261. The molecule has 1 rings (SSSR count). The number of carbonyl (C=O) groups is 1. The van der Waals surface area contributed by atoms with Crippen LogP contribution in [-0.4, -0.2) is 87.5 Å². The highest BCUT2D eigenvalue weighted by Gasteiger charge is 2.44. The lowest BCUT2D eigenvalue weighted by Crippen LogP contribution is -2.60. The lowest BCUT2D eigenvalue weighted by molar-refractivity contribution is -0.302. The molecule has 6 N–H and O–H groups in total. The van der Waals surface area contributed by atoms with Crippen molar-refractivity contribution in [2.75, 3.05) is 13.2 Å². The maximum Gasteiger partial charge on any atom is 0.220 e. The number of nitrogens with one attached hydrogen (secondary N) is 1. The minimum atomic E-state index is -1.57. The summed E-state index contributed by atoms with van der Waals surface area (Å²) in [5.41, 5.74) is 0. The highest BCUT2D eigenvalue weighted by molar-refractivity contribution is 5.76. The molecule has 1 heterocycles. The van der Waals surface area contributed by atoms with Crippen LogP contribution in [0.3, 0.4) is 0 Å². The van der Waals surface area contributed by atoms with E-state index in [1.165, 1.54) is 360 Å². The molecule has 0 bridgehead atoms. The molecule has 1 aliphatic heterocycles. The van der Waals surface area contributed by atoms with Gasteiger partial charge in [0.2, 0.25) is 5.91 Å². The van der Waals surface area contributed by atoms with Crippen LogP contribution in [0.5, 0.6) is 0 Å². The Hall–Kier alpha value is -2.11. The summed E-state index contributed by atoms with van der Waals surface area (Å²) in [7, 11) is 0. The summed E-state index contributed by atoms with van der Waals surface area (Å²) in [5, 5.41) is 54.9. The van der Waals surface area contributed by atoms with Crippen molar-refractivity contribution in [2.24, 2.45) is 0 Å². The van der Waals surface area contributed by atoms with Crippen LogP contribution in [0.25, 0.3) is 0 Å². The van der Waals surface area contributed by atoms with E-state index in [4.69, 9.17) is 9.47 Å². The molecule has 0 saturated carbocycles. The molecule has 1 aliphatic rings. The van der Waals surface area contributed by atoms with Crippen LogP contribution in [0.4, 0.5) is 0 Å². The number of amides is 1. The van der Waals surface area contributed by atoms with Crippen molar-refractivity contribution in [3.8, 4) is 0 Å². The van der Waals surface area contributed by atoms with Gasteiger partial charge >= 0.3 is 0 Å². The fraction of sp³-hybridized carbons (Fsp3) is 0.874. The summed E-state index contributed by atoms with van der Waals surface area (Å²) >= 11 is 0. The Morgan fingerprint density at radius 3 is 0.948 bits per heavy atom. The van der Waals surface area contributed by atoms with Gasteiger partial charge in [-0.05, 0) is 70.6 Å². The Labute approximate surface area is 596 Å². The van der Waals surface area contributed by atoms with E-state index in [-0.39, 0.29) is 12.5 Å². The number of allylic oxidation sites excluding steroid dienone is 9. The first-order chi connectivity index (χ1) is 47.3. The van der Waals surface area contributed by atoms with Crippen molar-refractivity contribution in [1.82, 2.24) is 5.32 Å².